The van der Waals surface area contributed by atoms with Crippen molar-refractivity contribution in [2.75, 3.05) is 6.54 Å². The molecule has 0 saturated carbocycles. The molecule has 1 aliphatic heterocycles. The molecule has 3 heterocycles. The number of aromatic hydroxyl groups is 1. The van der Waals surface area contributed by atoms with E-state index in [0.29, 0.717) is 41.1 Å². The maximum atomic E-state index is 13.5. The van der Waals surface area contributed by atoms with E-state index >= 15 is 0 Å². The van der Waals surface area contributed by atoms with Crippen LogP contribution in [0.5, 0.6) is 5.75 Å². The van der Waals surface area contributed by atoms with Gasteiger partial charge in [0.15, 0.2) is 0 Å². The topological polar surface area (TPSA) is 121 Å². The second-order valence-corrected chi connectivity index (χ2v) is 11.3. The average molecular weight is 622 g/mol. The van der Waals surface area contributed by atoms with Gasteiger partial charge < -0.3 is 25.1 Å². The van der Waals surface area contributed by atoms with Gasteiger partial charge in [0.2, 0.25) is 5.89 Å². The second kappa shape index (κ2) is 13.5. The van der Waals surface area contributed by atoms with Crippen molar-refractivity contribution in [3.05, 3.63) is 113 Å². The lowest BCUT2D eigenvalue weighted by Gasteiger charge is -2.24. The van der Waals surface area contributed by atoms with Crippen molar-refractivity contribution in [1.29, 1.82) is 0 Å². The first-order valence-electron chi connectivity index (χ1n) is 14.7. The molecule has 3 atom stereocenters. The normalized spacial score (nSPS) is 16.4. The number of amides is 2. The van der Waals surface area contributed by atoms with Crippen LogP contribution in [-0.2, 0) is 12.7 Å². The number of nitrogens with one attached hydrogen (secondary N) is 2. The number of likely N-dealkylation sites (tertiary alicyclic amines) is 1. The van der Waals surface area contributed by atoms with Gasteiger partial charge in [-0.05, 0) is 80.6 Å². The van der Waals surface area contributed by atoms with E-state index in [4.69, 9.17) is 4.42 Å². The van der Waals surface area contributed by atoms with Crippen LogP contribution in [0, 0.1) is 6.92 Å². The third kappa shape index (κ3) is 7.88. The van der Waals surface area contributed by atoms with Crippen molar-refractivity contribution in [2.45, 2.75) is 64.0 Å². The van der Waals surface area contributed by atoms with E-state index in [-0.39, 0.29) is 30.2 Å². The number of benzene rings is 2. The molecule has 5 rings (SSSR count). The first-order valence-corrected chi connectivity index (χ1v) is 14.7. The van der Waals surface area contributed by atoms with Crippen molar-refractivity contribution in [3.8, 4) is 5.75 Å². The number of halogens is 3. The summed E-state index contributed by atoms with van der Waals surface area (Å²) in [6.45, 7) is 4.27. The van der Waals surface area contributed by atoms with Gasteiger partial charge in [-0.2, -0.15) is 13.2 Å². The van der Waals surface area contributed by atoms with Gasteiger partial charge in [0.1, 0.15) is 18.1 Å². The summed E-state index contributed by atoms with van der Waals surface area (Å²) in [4.78, 5) is 36.6. The van der Waals surface area contributed by atoms with Crippen molar-refractivity contribution >= 4 is 11.8 Å². The zero-order chi connectivity index (χ0) is 32.1. The van der Waals surface area contributed by atoms with Crippen LogP contribution in [0.4, 0.5) is 13.2 Å². The van der Waals surface area contributed by atoms with Gasteiger partial charge in [0.05, 0.1) is 11.3 Å². The fourth-order valence-electron chi connectivity index (χ4n) is 5.53. The molecular weight excluding hydrogens is 587 g/mol. The molecule has 1 fully saturated rings. The molecule has 45 heavy (non-hydrogen) atoms. The zero-order valence-corrected chi connectivity index (χ0v) is 24.8. The van der Waals surface area contributed by atoms with Crippen LogP contribution >= 0.6 is 0 Å². The van der Waals surface area contributed by atoms with Crippen molar-refractivity contribution in [2.24, 2.45) is 0 Å². The Morgan fingerprint density at radius 2 is 1.89 bits per heavy atom. The zero-order valence-electron chi connectivity index (χ0n) is 24.8. The van der Waals surface area contributed by atoms with Crippen LogP contribution in [0.2, 0.25) is 0 Å². The van der Waals surface area contributed by atoms with Crippen LogP contribution < -0.4 is 10.6 Å². The van der Waals surface area contributed by atoms with E-state index in [2.05, 4.69) is 20.6 Å². The summed E-state index contributed by atoms with van der Waals surface area (Å²) in [7, 11) is 0. The van der Waals surface area contributed by atoms with E-state index in [1.54, 1.807) is 53.6 Å². The molecule has 1 saturated heterocycles. The van der Waals surface area contributed by atoms with Crippen LogP contribution in [0.1, 0.15) is 87.3 Å². The highest BCUT2D eigenvalue weighted by atomic mass is 19.4. The number of pyridine rings is 1. The van der Waals surface area contributed by atoms with Gasteiger partial charge >= 0.3 is 6.18 Å². The Balaban J connectivity index is 1.26. The minimum atomic E-state index is -4.51. The third-order valence-corrected chi connectivity index (χ3v) is 7.72. The Morgan fingerprint density at radius 3 is 2.62 bits per heavy atom. The van der Waals surface area contributed by atoms with Gasteiger partial charge in [-0.25, -0.2) is 4.98 Å². The molecule has 1 unspecified atom stereocenters. The average Bonchev–Trinajstić information content (AvgIpc) is 3.68. The molecule has 0 radical (unpaired) electrons. The molecular formula is C33H34F3N5O4. The number of carbonyl (C=O) groups excluding carboxylic acids is 2. The lowest BCUT2D eigenvalue weighted by atomic mass is 9.98. The van der Waals surface area contributed by atoms with Crippen molar-refractivity contribution in [1.82, 2.24) is 25.5 Å². The molecule has 2 aromatic heterocycles. The predicted molar refractivity (Wildman–Crippen MR) is 159 cm³/mol. The third-order valence-electron chi connectivity index (χ3n) is 7.72. The van der Waals surface area contributed by atoms with E-state index in [9.17, 15) is 27.9 Å². The number of carbonyl (C=O) groups is 2. The molecule has 4 aromatic rings. The number of aromatic nitrogens is 2. The lowest BCUT2D eigenvalue weighted by Crippen LogP contribution is -2.36. The fraction of sp³-hybridized carbons (Fsp3) is 0.333. The second-order valence-electron chi connectivity index (χ2n) is 11.3. The Bertz CT molecular complexity index is 1660. The molecule has 2 aromatic carbocycles. The Morgan fingerprint density at radius 1 is 1.11 bits per heavy atom. The van der Waals surface area contributed by atoms with E-state index in [1.807, 2.05) is 13.8 Å². The van der Waals surface area contributed by atoms with Gasteiger partial charge in [-0.15, -0.1) is 0 Å². The molecule has 0 spiro atoms. The fourth-order valence-corrected chi connectivity index (χ4v) is 5.53. The van der Waals surface area contributed by atoms with E-state index in [1.165, 1.54) is 12.3 Å². The Labute approximate surface area is 258 Å². The number of oxazole rings is 1. The number of hydrogen-bond acceptors (Lipinski definition) is 7. The summed E-state index contributed by atoms with van der Waals surface area (Å²) in [6.07, 6.45) is 1.09. The number of rotatable bonds is 10. The summed E-state index contributed by atoms with van der Waals surface area (Å²) in [5.74, 6) is -0.0554. The van der Waals surface area contributed by atoms with Crippen LogP contribution in [0.15, 0.2) is 77.7 Å². The maximum Gasteiger partial charge on any atom is 0.417 e. The predicted octanol–water partition coefficient (Wildman–Crippen LogP) is 6.12. The smallest absolute Gasteiger partial charge is 0.417 e. The molecule has 3 N–H and O–H groups in total. The number of phenols is 1. The first-order chi connectivity index (χ1) is 21.5. The van der Waals surface area contributed by atoms with E-state index < -0.39 is 23.8 Å². The van der Waals surface area contributed by atoms with Crippen molar-refractivity contribution in [3.63, 3.8) is 0 Å². The SMILES string of the molecule is Cc1coc([C@H]2CCCN2C(=O)c2cccc(C(=O)N[C@@H](C)CC(NCc3cncc(C(F)(F)F)c3)c3cccc(O)c3)c2)n1. The minimum absolute atomic E-state index is 0.0383. The van der Waals surface area contributed by atoms with E-state index in [0.717, 1.165) is 30.8 Å². The summed E-state index contributed by atoms with van der Waals surface area (Å²) in [6, 6.07) is 13.0. The first kappa shape index (κ1) is 31.7. The summed E-state index contributed by atoms with van der Waals surface area (Å²) in [5.41, 5.74) is 1.62. The Kier molecular flexibility index (Phi) is 9.52. The molecule has 236 valence electrons. The van der Waals surface area contributed by atoms with Crippen LogP contribution in [0.25, 0.3) is 0 Å². The van der Waals surface area contributed by atoms with Gasteiger partial charge in [-0.3, -0.25) is 14.6 Å². The summed E-state index contributed by atoms with van der Waals surface area (Å²) >= 11 is 0. The highest BCUT2D eigenvalue weighted by Crippen LogP contribution is 2.33. The van der Waals surface area contributed by atoms with Gasteiger partial charge in [0.25, 0.3) is 11.8 Å². The number of nitrogens with zero attached hydrogens (tertiary/aromatic N) is 3. The maximum absolute atomic E-state index is 13.5. The standard InChI is InChI=1S/C33H34F3N5O4/c1-20(12-28(23-6-4-9-27(42)15-23)38-17-22-13-26(18-37-16-22)33(34,35)36)39-30(43)24-7-3-8-25(14-24)32(44)41-11-5-10-29(41)31-40-21(2)19-45-31/h3-4,6-9,13-16,18-20,28-29,38,42H,5,10-12,17H2,1-2H3,(H,39,43)/t20-,28?,29+/m0/s1. The molecule has 1 aliphatic rings. The summed E-state index contributed by atoms with van der Waals surface area (Å²) < 4.78 is 45.1. The van der Waals surface area contributed by atoms with Gasteiger partial charge in [-0.1, -0.05) is 18.2 Å². The molecule has 2 amide bonds. The minimum Gasteiger partial charge on any atom is -0.508 e. The monoisotopic (exact) mass is 621 g/mol. The summed E-state index contributed by atoms with van der Waals surface area (Å²) in [5, 5.41) is 16.3. The number of alkyl halides is 3. The molecule has 0 bridgehead atoms. The number of hydrogen-bond donors (Lipinski definition) is 3. The molecule has 9 nitrogen and oxygen atoms in total. The number of aryl methyl sites for hydroxylation is 1. The highest BCUT2D eigenvalue weighted by molar-refractivity contribution is 6.00. The van der Waals surface area contributed by atoms with Crippen LogP contribution in [-0.4, -0.2) is 44.4 Å². The quantitative estimate of drug-likeness (QED) is 0.195. The van der Waals surface area contributed by atoms with Gasteiger partial charge in [0, 0.05) is 48.7 Å². The van der Waals surface area contributed by atoms with Crippen molar-refractivity contribution < 1.29 is 32.3 Å². The molecule has 12 heteroatoms. The lowest BCUT2D eigenvalue weighted by molar-refractivity contribution is -0.137. The Hall–Kier alpha value is -4.71. The highest BCUT2D eigenvalue weighted by Gasteiger charge is 2.34. The van der Waals surface area contributed by atoms with Crippen LogP contribution in [0.3, 0.4) is 0 Å². The molecule has 0 aliphatic carbocycles. The number of phenolic OH excluding ortho intramolecular Hbond substituents is 1. The largest absolute Gasteiger partial charge is 0.508 e.